The zero-order valence-corrected chi connectivity index (χ0v) is 13.8. The van der Waals surface area contributed by atoms with Crippen LogP contribution in [0.4, 0.5) is 11.8 Å². The van der Waals surface area contributed by atoms with Crippen molar-refractivity contribution in [2.45, 2.75) is 6.10 Å². The van der Waals surface area contributed by atoms with E-state index in [1.807, 2.05) is 43.3 Å². The van der Waals surface area contributed by atoms with Crippen molar-refractivity contribution in [3.63, 3.8) is 0 Å². The second-order valence-electron chi connectivity index (χ2n) is 5.69. The number of rotatable bonds is 4. The first-order valence-corrected chi connectivity index (χ1v) is 7.68. The first kappa shape index (κ1) is 15.6. The average molecular weight is 314 g/mol. The summed E-state index contributed by atoms with van der Waals surface area (Å²) < 4.78 is 11.2. The van der Waals surface area contributed by atoms with Gasteiger partial charge in [-0.15, -0.1) is 0 Å². The van der Waals surface area contributed by atoms with E-state index in [9.17, 15) is 0 Å². The van der Waals surface area contributed by atoms with Gasteiger partial charge in [-0.1, -0.05) is 12.1 Å². The Kier molecular flexibility index (Phi) is 4.62. The van der Waals surface area contributed by atoms with Gasteiger partial charge in [0.25, 0.3) is 0 Å². The Bertz CT molecular complexity index is 663. The molecule has 0 saturated carbocycles. The smallest absolute Gasteiger partial charge is 0.227 e. The first-order valence-electron chi connectivity index (χ1n) is 7.68. The van der Waals surface area contributed by atoms with E-state index in [1.165, 1.54) is 0 Å². The van der Waals surface area contributed by atoms with Gasteiger partial charge in [0.05, 0.1) is 20.3 Å². The van der Waals surface area contributed by atoms with Crippen LogP contribution in [0.5, 0.6) is 5.75 Å². The number of anilines is 2. The molecular weight excluding hydrogens is 292 g/mol. The maximum absolute atomic E-state index is 5.93. The van der Waals surface area contributed by atoms with E-state index < -0.39 is 0 Å². The largest absolute Gasteiger partial charge is 0.497 e. The Balaban J connectivity index is 1.79. The van der Waals surface area contributed by atoms with Crippen LogP contribution in [0.25, 0.3) is 0 Å². The van der Waals surface area contributed by atoms with E-state index in [4.69, 9.17) is 9.47 Å². The summed E-state index contributed by atoms with van der Waals surface area (Å²) in [5, 5.41) is 0. The molecule has 0 aliphatic carbocycles. The Labute approximate surface area is 136 Å². The zero-order valence-electron chi connectivity index (χ0n) is 13.8. The first-order chi connectivity index (χ1) is 11.2. The van der Waals surface area contributed by atoms with E-state index in [-0.39, 0.29) is 6.10 Å². The summed E-state index contributed by atoms with van der Waals surface area (Å²) in [4.78, 5) is 13.2. The number of nitrogens with zero attached hydrogens (tertiary/aromatic N) is 4. The molecule has 1 aliphatic heterocycles. The number of methoxy groups -OCH3 is 1. The van der Waals surface area contributed by atoms with Crippen LogP contribution >= 0.6 is 0 Å². The maximum Gasteiger partial charge on any atom is 0.227 e. The summed E-state index contributed by atoms with van der Waals surface area (Å²) >= 11 is 0. The molecule has 1 unspecified atom stereocenters. The highest BCUT2D eigenvalue weighted by molar-refractivity contribution is 5.43. The summed E-state index contributed by atoms with van der Waals surface area (Å²) in [5.41, 5.74) is 1.11. The molecule has 1 atom stereocenters. The van der Waals surface area contributed by atoms with Crippen LogP contribution in [0.3, 0.4) is 0 Å². The molecule has 2 heterocycles. The summed E-state index contributed by atoms with van der Waals surface area (Å²) in [5.74, 6) is 2.49. The highest BCUT2D eigenvalue weighted by atomic mass is 16.5. The van der Waals surface area contributed by atoms with E-state index in [0.717, 1.165) is 36.2 Å². The van der Waals surface area contributed by atoms with Crippen molar-refractivity contribution in [3.05, 3.63) is 42.1 Å². The zero-order chi connectivity index (χ0) is 16.2. The maximum atomic E-state index is 5.93. The average Bonchev–Trinajstić information content (AvgIpc) is 2.62. The van der Waals surface area contributed by atoms with Crippen LogP contribution in [-0.4, -0.2) is 50.9 Å². The third-order valence-electron chi connectivity index (χ3n) is 3.90. The van der Waals surface area contributed by atoms with Gasteiger partial charge in [0.1, 0.15) is 17.7 Å². The predicted octanol–water partition coefficient (Wildman–Crippen LogP) is 2.13. The third-order valence-corrected chi connectivity index (χ3v) is 3.90. The fraction of sp³-hybridized carbons (Fsp3) is 0.412. The number of benzene rings is 1. The third kappa shape index (κ3) is 3.53. The molecule has 1 aromatic carbocycles. The van der Waals surface area contributed by atoms with Crippen LogP contribution in [0.15, 0.2) is 36.5 Å². The second-order valence-corrected chi connectivity index (χ2v) is 5.69. The van der Waals surface area contributed by atoms with Crippen LogP contribution in [0.2, 0.25) is 0 Å². The molecule has 1 aromatic heterocycles. The molecule has 0 amide bonds. The fourth-order valence-corrected chi connectivity index (χ4v) is 2.62. The number of hydrogen-bond acceptors (Lipinski definition) is 6. The van der Waals surface area contributed by atoms with Crippen molar-refractivity contribution < 1.29 is 9.47 Å². The topological polar surface area (TPSA) is 50.7 Å². The summed E-state index contributed by atoms with van der Waals surface area (Å²) in [7, 11) is 5.63. The van der Waals surface area contributed by atoms with Gasteiger partial charge in [0, 0.05) is 26.8 Å². The number of morpholine rings is 1. The van der Waals surface area contributed by atoms with Gasteiger partial charge < -0.3 is 19.3 Å². The standard InChI is InChI=1S/C17H22N4O2/c1-20(2)16-7-8-18-17(19-16)21-9-10-23-15(12-21)13-5-4-6-14(11-13)22-3/h4-8,11,15H,9-10,12H2,1-3H3. The summed E-state index contributed by atoms with van der Waals surface area (Å²) in [6.45, 7) is 2.17. The van der Waals surface area contributed by atoms with Gasteiger partial charge in [0.2, 0.25) is 5.95 Å². The number of aromatic nitrogens is 2. The summed E-state index contributed by atoms with van der Waals surface area (Å²) in [6.07, 6.45) is 1.79. The van der Waals surface area contributed by atoms with E-state index in [1.54, 1.807) is 13.3 Å². The molecule has 0 spiro atoms. The molecule has 1 fully saturated rings. The molecule has 3 rings (SSSR count). The monoisotopic (exact) mass is 314 g/mol. The van der Waals surface area contributed by atoms with Gasteiger partial charge in [0.15, 0.2) is 0 Å². The van der Waals surface area contributed by atoms with Crippen molar-refractivity contribution in [1.82, 2.24) is 9.97 Å². The molecule has 6 heteroatoms. The molecule has 23 heavy (non-hydrogen) atoms. The van der Waals surface area contributed by atoms with E-state index in [0.29, 0.717) is 6.61 Å². The predicted molar refractivity (Wildman–Crippen MR) is 90.3 cm³/mol. The molecule has 122 valence electrons. The lowest BCUT2D eigenvalue weighted by Gasteiger charge is -2.33. The molecule has 1 saturated heterocycles. The van der Waals surface area contributed by atoms with Gasteiger partial charge in [-0.25, -0.2) is 4.98 Å². The minimum atomic E-state index is -0.00883. The Morgan fingerprint density at radius 2 is 2.17 bits per heavy atom. The SMILES string of the molecule is COc1cccc(C2CN(c3nccc(N(C)C)n3)CCO2)c1. The van der Waals surface area contributed by atoms with Crippen LogP contribution < -0.4 is 14.5 Å². The van der Waals surface area contributed by atoms with Gasteiger partial charge in [-0.2, -0.15) is 4.98 Å². The van der Waals surface area contributed by atoms with E-state index >= 15 is 0 Å². The summed E-state index contributed by atoms with van der Waals surface area (Å²) in [6, 6.07) is 9.91. The van der Waals surface area contributed by atoms with Crippen molar-refractivity contribution in [2.75, 3.05) is 50.7 Å². The van der Waals surface area contributed by atoms with Crippen molar-refractivity contribution in [2.24, 2.45) is 0 Å². The molecule has 0 N–H and O–H groups in total. The van der Waals surface area contributed by atoms with E-state index in [2.05, 4.69) is 20.9 Å². The quantitative estimate of drug-likeness (QED) is 0.862. The van der Waals surface area contributed by atoms with Crippen molar-refractivity contribution >= 4 is 11.8 Å². The molecule has 0 bridgehead atoms. The highest BCUT2D eigenvalue weighted by Crippen LogP contribution is 2.27. The highest BCUT2D eigenvalue weighted by Gasteiger charge is 2.24. The fourth-order valence-electron chi connectivity index (χ4n) is 2.62. The number of hydrogen-bond donors (Lipinski definition) is 0. The van der Waals surface area contributed by atoms with Crippen LogP contribution in [0, 0.1) is 0 Å². The molecule has 0 radical (unpaired) electrons. The van der Waals surface area contributed by atoms with Crippen molar-refractivity contribution in [1.29, 1.82) is 0 Å². The molecule has 1 aliphatic rings. The lowest BCUT2D eigenvalue weighted by atomic mass is 10.1. The van der Waals surface area contributed by atoms with Gasteiger partial charge in [-0.3, -0.25) is 0 Å². The Hall–Kier alpha value is -2.34. The Morgan fingerprint density at radius 3 is 2.96 bits per heavy atom. The molecule has 2 aromatic rings. The van der Waals surface area contributed by atoms with Crippen LogP contribution in [0.1, 0.15) is 11.7 Å². The number of ether oxygens (including phenoxy) is 2. The second kappa shape index (κ2) is 6.83. The lowest BCUT2D eigenvalue weighted by Crippen LogP contribution is -2.39. The van der Waals surface area contributed by atoms with Gasteiger partial charge in [-0.05, 0) is 23.8 Å². The lowest BCUT2D eigenvalue weighted by molar-refractivity contribution is 0.0391. The Morgan fingerprint density at radius 1 is 1.30 bits per heavy atom. The minimum Gasteiger partial charge on any atom is -0.497 e. The van der Waals surface area contributed by atoms with Crippen LogP contribution in [-0.2, 0) is 4.74 Å². The van der Waals surface area contributed by atoms with Gasteiger partial charge >= 0.3 is 0 Å². The normalized spacial score (nSPS) is 17.9. The molecular formula is C17H22N4O2. The van der Waals surface area contributed by atoms with Crippen molar-refractivity contribution in [3.8, 4) is 5.75 Å². The molecule has 6 nitrogen and oxygen atoms in total. The minimum absolute atomic E-state index is 0.00883.